The molecule has 0 spiro atoms. The summed E-state index contributed by atoms with van der Waals surface area (Å²) >= 11 is 0. The van der Waals surface area contributed by atoms with Gasteiger partial charge in [0.15, 0.2) is 5.78 Å². The van der Waals surface area contributed by atoms with Gasteiger partial charge in [-0.2, -0.15) is 0 Å². The molecule has 0 saturated carbocycles. The van der Waals surface area contributed by atoms with Crippen molar-refractivity contribution in [1.29, 1.82) is 0 Å². The van der Waals surface area contributed by atoms with E-state index in [9.17, 15) is 14.4 Å². The Morgan fingerprint density at radius 3 is 2.44 bits per heavy atom. The third kappa shape index (κ3) is 3.61. The lowest BCUT2D eigenvalue weighted by atomic mass is 9.67. The second-order valence-electron chi connectivity index (χ2n) is 7.80. The molecule has 0 fully saturated rings. The Morgan fingerprint density at radius 2 is 1.85 bits per heavy atom. The number of allylic oxidation sites excluding steroid dienone is 2. The predicted molar refractivity (Wildman–Crippen MR) is 99.0 cm³/mol. The molecule has 1 amide bonds. The molecule has 144 valence electrons. The molecule has 0 bridgehead atoms. The lowest BCUT2D eigenvalue weighted by Crippen LogP contribution is -2.49. The van der Waals surface area contributed by atoms with E-state index in [1.54, 1.807) is 38.3 Å². The van der Waals surface area contributed by atoms with Gasteiger partial charge in [-0.05, 0) is 36.5 Å². The minimum atomic E-state index is -1.08. The van der Waals surface area contributed by atoms with Crippen LogP contribution in [0.2, 0.25) is 0 Å². The van der Waals surface area contributed by atoms with Gasteiger partial charge in [-0.15, -0.1) is 0 Å². The number of hydrogen-bond acceptors (Lipinski definition) is 5. The predicted octanol–water partition coefficient (Wildman–Crippen LogP) is 2.73. The maximum atomic E-state index is 13.0. The first kappa shape index (κ1) is 19.1. The molecule has 0 aromatic heterocycles. The number of carbonyl (C=O) groups is 3. The monoisotopic (exact) mass is 371 g/mol. The van der Waals surface area contributed by atoms with Gasteiger partial charge < -0.3 is 14.8 Å². The van der Waals surface area contributed by atoms with Crippen LogP contribution in [0.15, 0.2) is 35.5 Å². The van der Waals surface area contributed by atoms with E-state index >= 15 is 0 Å². The summed E-state index contributed by atoms with van der Waals surface area (Å²) < 4.78 is 10.3. The van der Waals surface area contributed by atoms with Crippen molar-refractivity contribution in [2.45, 2.75) is 39.5 Å². The number of Topliss-reactive ketones (excluding diaryl/α,β-unsaturated/α-hetero) is 1. The van der Waals surface area contributed by atoms with Crippen molar-refractivity contribution in [1.82, 2.24) is 5.32 Å². The fraction of sp³-hybridized carbons (Fsp3) is 0.476. The van der Waals surface area contributed by atoms with Crippen LogP contribution in [-0.2, 0) is 19.1 Å². The number of rotatable bonds is 4. The molecule has 6 heteroatoms. The maximum Gasteiger partial charge on any atom is 0.319 e. The lowest BCUT2D eigenvalue weighted by Gasteiger charge is -2.40. The zero-order valence-corrected chi connectivity index (χ0v) is 16.1. The molecular weight excluding hydrogens is 346 g/mol. The van der Waals surface area contributed by atoms with Crippen molar-refractivity contribution >= 4 is 17.7 Å². The topological polar surface area (TPSA) is 81.7 Å². The molecule has 1 aromatic rings. The zero-order valence-electron chi connectivity index (χ0n) is 16.1. The number of hydrogen-bond donors (Lipinski definition) is 1. The Bertz CT molecular complexity index is 806. The summed E-state index contributed by atoms with van der Waals surface area (Å²) in [6, 6.07) is 7.13. The van der Waals surface area contributed by atoms with E-state index in [2.05, 4.69) is 5.32 Å². The van der Waals surface area contributed by atoms with E-state index in [1.165, 1.54) is 0 Å². The Morgan fingerprint density at radius 1 is 1.19 bits per heavy atom. The number of ether oxygens (including phenoxy) is 2. The molecule has 2 aliphatic rings. The molecule has 1 N–H and O–H groups in total. The van der Waals surface area contributed by atoms with Crippen LogP contribution in [-0.4, -0.2) is 31.4 Å². The molecule has 1 aromatic carbocycles. The second-order valence-corrected chi connectivity index (χ2v) is 7.80. The van der Waals surface area contributed by atoms with E-state index in [0.29, 0.717) is 29.9 Å². The summed E-state index contributed by atoms with van der Waals surface area (Å²) in [5, 5.41) is 2.81. The highest BCUT2D eigenvalue weighted by Crippen LogP contribution is 2.46. The zero-order chi connectivity index (χ0) is 19.8. The van der Waals surface area contributed by atoms with Gasteiger partial charge in [0.1, 0.15) is 11.7 Å². The van der Waals surface area contributed by atoms with Gasteiger partial charge in [-0.3, -0.25) is 14.4 Å². The minimum Gasteiger partial charge on any atom is -0.497 e. The number of nitrogens with one attached hydrogen (secondary N) is 1. The SMILES string of the molecule is CCOC(=O)C1C(=O)NC2=C(C(=O)CC(C)(C)C2)C1c1ccc(OC)cc1. The molecular formula is C21H25NO5. The van der Waals surface area contributed by atoms with E-state index < -0.39 is 23.7 Å². The first-order valence-electron chi connectivity index (χ1n) is 9.15. The summed E-state index contributed by atoms with van der Waals surface area (Å²) in [7, 11) is 1.57. The van der Waals surface area contributed by atoms with Crippen LogP contribution in [0.5, 0.6) is 5.75 Å². The Balaban J connectivity index is 2.13. The molecule has 0 radical (unpaired) electrons. The van der Waals surface area contributed by atoms with Crippen LogP contribution in [0, 0.1) is 11.3 Å². The van der Waals surface area contributed by atoms with Crippen LogP contribution >= 0.6 is 0 Å². The van der Waals surface area contributed by atoms with Crippen molar-refractivity contribution < 1.29 is 23.9 Å². The molecule has 1 heterocycles. The fourth-order valence-corrected chi connectivity index (χ4v) is 4.00. The third-order valence-corrected chi connectivity index (χ3v) is 5.14. The molecule has 6 nitrogen and oxygen atoms in total. The fourth-order valence-electron chi connectivity index (χ4n) is 4.00. The summed E-state index contributed by atoms with van der Waals surface area (Å²) in [5.74, 6) is -2.13. The number of ketones is 1. The van der Waals surface area contributed by atoms with Crippen molar-refractivity contribution in [2.24, 2.45) is 11.3 Å². The van der Waals surface area contributed by atoms with Crippen molar-refractivity contribution in [2.75, 3.05) is 13.7 Å². The van der Waals surface area contributed by atoms with Gasteiger partial charge in [0, 0.05) is 23.6 Å². The van der Waals surface area contributed by atoms with Crippen LogP contribution in [0.1, 0.15) is 45.1 Å². The van der Waals surface area contributed by atoms with E-state index in [1.807, 2.05) is 13.8 Å². The first-order valence-corrected chi connectivity index (χ1v) is 9.15. The van der Waals surface area contributed by atoms with E-state index in [4.69, 9.17) is 9.47 Å². The van der Waals surface area contributed by atoms with Gasteiger partial charge >= 0.3 is 5.97 Å². The number of amides is 1. The molecule has 3 rings (SSSR count). The highest BCUT2D eigenvalue weighted by atomic mass is 16.5. The highest BCUT2D eigenvalue weighted by Gasteiger charge is 2.48. The first-order chi connectivity index (χ1) is 12.8. The third-order valence-electron chi connectivity index (χ3n) is 5.14. The molecule has 0 saturated heterocycles. The summed E-state index contributed by atoms with van der Waals surface area (Å²) in [6.45, 7) is 5.87. The molecule has 27 heavy (non-hydrogen) atoms. The number of carbonyl (C=O) groups excluding carboxylic acids is 3. The lowest BCUT2D eigenvalue weighted by molar-refractivity contribution is -0.153. The van der Waals surface area contributed by atoms with Gasteiger partial charge in [0.05, 0.1) is 13.7 Å². The van der Waals surface area contributed by atoms with Gasteiger partial charge in [0.25, 0.3) is 0 Å². The van der Waals surface area contributed by atoms with Crippen molar-refractivity contribution in [3.63, 3.8) is 0 Å². The van der Waals surface area contributed by atoms with Gasteiger partial charge in [-0.1, -0.05) is 26.0 Å². The van der Waals surface area contributed by atoms with Gasteiger partial charge in [0.2, 0.25) is 5.91 Å². The minimum absolute atomic E-state index is 0.0311. The van der Waals surface area contributed by atoms with E-state index in [-0.39, 0.29) is 17.8 Å². The normalized spacial score (nSPS) is 24.1. The van der Waals surface area contributed by atoms with Crippen molar-refractivity contribution in [3.05, 3.63) is 41.1 Å². The average Bonchev–Trinajstić information content (AvgIpc) is 2.59. The summed E-state index contributed by atoms with van der Waals surface area (Å²) in [5.41, 5.74) is 1.65. The molecule has 2 unspecified atom stereocenters. The quantitative estimate of drug-likeness (QED) is 0.650. The molecule has 1 aliphatic heterocycles. The maximum absolute atomic E-state index is 13.0. The number of benzene rings is 1. The smallest absolute Gasteiger partial charge is 0.319 e. The van der Waals surface area contributed by atoms with Crippen LogP contribution < -0.4 is 10.1 Å². The van der Waals surface area contributed by atoms with Crippen LogP contribution in [0.3, 0.4) is 0 Å². The highest BCUT2D eigenvalue weighted by molar-refractivity contribution is 6.08. The average molecular weight is 371 g/mol. The van der Waals surface area contributed by atoms with E-state index in [0.717, 1.165) is 5.56 Å². The molecule has 2 atom stereocenters. The van der Waals surface area contributed by atoms with Gasteiger partial charge in [-0.25, -0.2) is 0 Å². The Hall–Kier alpha value is -2.63. The summed E-state index contributed by atoms with van der Waals surface area (Å²) in [4.78, 5) is 38.4. The van der Waals surface area contributed by atoms with Crippen molar-refractivity contribution in [3.8, 4) is 5.75 Å². The second kappa shape index (κ2) is 7.18. The van der Waals surface area contributed by atoms with Crippen LogP contribution in [0.4, 0.5) is 0 Å². The molecule has 1 aliphatic carbocycles. The Labute approximate surface area is 158 Å². The number of methoxy groups -OCH3 is 1. The Kier molecular flexibility index (Phi) is 5.09. The number of esters is 1. The standard InChI is InChI=1S/C21H25NO5/c1-5-27-20(25)18-16(12-6-8-13(26-4)9-7-12)17-14(22-19(18)24)10-21(2,3)11-15(17)23/h6-9,16,18H,5,10-11H2,1-4H3,(H,22,24). The largest absolute Gasteiger partial charge is 0.497 e. The summed E-state index contributed by atoms with van der Waals surface area (Å²) in [6.07, 6.45) is 0.964. The van der Waals surface area contributed by atoms with Crippen LogP contribution in [0.25, 0.3) is 0 Å².